The highest BCUT2D eigenvalue weighted by Crippen LogP contribution is 2.42. The number of aliphatic imine (C=N–C) groups is 1. The summed E-state index contributed by atoms with van der Waals surface area (Å²) in [7, 11) is 1.89. The maximum absolute atomic E-state index is 16.6. The summed E-state index contributed by atoms with van der Waals surface area (Å²) in [4.78, 5) is 36.2. The van der Waals surface area contributed by atoms with Crippen molar-refractivity contribution in [3.8, 4) is 29.0 Å². The van der Waals surface area contributed by atoms with E-state index in [1.165, 1.54) is 32.0 Å². The maximum atomic E-state index is 16.6. The van der Waals surface area contributed by atoms with Crippen molar-refractivity contribution in [1.82, 2.24) is 9.88 Å². The molecule has 1 aliphatic heterocycles. The molecule has 0 aliphatic carbocycles. The van der Waals surface area contributed by atoms with Gasteiger partial charge in [-0.05, 0) is 63.9 Å². The number of primary amides is 1. The van der Waals surface area contributed by atoms with Gasteiger partial charge in [0.05, 0.1) is 13.2 Å². The monoisotopic (exact) mass is 667 g/mol. The van der Waals surface area contributed by atoms with Gasteiger partial charge >= 0.3 is 5.97 Å². The van der Waals surface area contributed by atoms with E-state index in [0.29, 0.717) is 17.9 Å². The third kappa shape index (κ3) is 7.90. The van der Waals surface area contributed by atoms with Crippen LogP contribution in [-0.2, 0) is 14.3 Å². The van der Waals surface area contributed by atoms with Crippen molar-refractivity contribution in [1.29, 1.82) is 5.41 Å². The van der Waals surface area contributed by atoms with Crippen LogP contribution in [0.1, 0.15) is 51.2 Å². The minimum Gasteiger partial charge on any atom is -0.504 e. The number of nitrogen functional groups attached to an aromatic ring is 1. The number of esters is 1. The van der Waals surface area contributed by atoms with Gasteiger partial charge in [-0.1, -0.05) is 12.1 Å². The second-order valence-electron chi connectivity index (χ2n) is 11.5. The number of hydrogen-bond acceptors (Lipinski definition) is 11. The summed E-state index contributed by atoms with van der Waals surface area (Å²) < 4.78 is 50.1. The summed E-state index contributed by atoms with van der Waals surface area (Å²) >= 11 is 0. The molecule has 3 aromatic rings. The zero-order chi connectivity index (χ0) is 35.2. The molecule has 1 aliphatic rings. The van der Waals surface area contributed by atoms with E-state index in [1.807, 2.05) is 18.0 Å². The molecular formula is C33H39F2N7O6. The van der Waals surface area contributed by atoms with Gasteiger partial charge in [-0.3, -0.25) is 15.2 Å². The Bertz CT molecular complexity index is 1730. The summed E-state index contributed by atoms with van der Waals surface area (Å²) in [5, 5.41) is 18.2. The number of halogens is 2. The Morgan fingerprint density at radius 3 is 2.42 bits per heavy atom. The number of pyridine rings is 1. The molecule has 0 unspecified atom stereocenters. The molecule has 2 aromatic carbocycles. The third-order valence-corrected chi connectivity index (χ3v) is 7.61. The Morgan fingerprint density at radius 1 is 1.08 bits per heavy atom. The number of carbonyl (C=O) groups is 2. The molecule has 1 amide bonds. The zero-order valence-electron chi connectivity index (χ0n) is 27.2. The number of nitrogens with two attached hydrogens (primary N) is 2. The van der Waals surface area contributed by atoms with Crippen LogP contribution in [0.2, 0.25) is 0 Å². The minimum atomic E-state index is -1.65. The molecule has 13 nitrogen and oxygen atoms in total. The minimum absolute atomic E-state index is 0.00436. The highest BCUT2D eigenvalue weighted by atomic mass is 19.1. The molecule has 15 heteroatoms. The Hall–Kier alpha value is -5.47. The largest absolute Gasteiger partial charge is 0.504 e. The van der Waals surface area contributed by atoms with Crippen molar-refractivity contribution in [3.05, 3.63) is 65.2 Å². The van der Waals surface area contributed by atoms with Crippen molar-refractivity contribution in [2.24, 2.45) is 16.5 Å². The topological polar surface area (TPSA) is 190 Å². The van der Waals surface area contributed by atoms with Crippen molar-refractivity contribution in [2.75, 3.05) is 38.2 Å². The Balaban J connectivity index is 1.88. The van der Waals surface area contributed by atoms with Crippen LogP contribution in [0.15, 0.2) is 47.5 Å². The number of nitrogens with one attached hydrogen (secondary N) is 1. The van der Waals surface area contributed by atoms with E-state index >= 15 is 8.78 Å². The van der Waals surface area contributed by atoms with Crippen molar-refractivity contribution in [2.45, 2.75) is 45.6 Å². The number of amidine groups is 2. The molecular weight excluding hydrogens is 628 g/mol. The van der Waals surface area contributed by atoms with E-state index in [9.17, 15) is 14.7 Å². The molecule has 0 fully saturated rings. The molecule has 0 saturated carbocycles. The molecule has 0 radical (unpaired) electrons. The number of rotatable bonds is 15. The lowest BCUT2D eigenvalue weighted by atomic mass is 10.0. The summed E-state index contributed by atoms with van der Waals surface area (Å²) in [5.41, 5.74) is 9.34. The number of amides is 1. The van der Waals surface area contributed by atoms with Crippen LogP contribution < -0.4 is 25.8 Å². The van der Waals surface area contributed by atoms with Crippen LogP contribution in [0.5, 0.6) is 29.0 Å². The van der Waals surface area contributed by atoms with Crippen LogP contribution in [0.25, 0.3) is 0 Å². The van der Waals surface area contributed by atoms with Gasteiger partial charge in [0, 0.05) is 37.7 Å². The van der Waals surface area contributed by atoms with Gasteiger partial charge in [0.1, 0.15) is 28.6 Å². The van der Waals surface area contributed by atoms with Crippen molar-refractivity contribution < 1.29 is 37.7 Å². The molecule has 6 N–H and O–H groups in total. The molecule has 1 aromatic heterocycles. The van der Waals surface area contributed by atoms with Crippen molar-refractivity contribution >= 4 is 29.2 Å². The lowest BCUT2D eigenvalue weighted by molar-refractivity contribution is -0.148. The van der Waals surface area contributed by atoms with Gasteiger partial charge in [-0.15, -0.1) is 0 Å². The predicted octanol–water partition coefficient (Wildman–Crippen LogP) is 4.43. The van der Waals surface area contributed by atoms with Crippen LogP contribution in [0.4, 0.5) is 14.5 Å². The first-order valence-electron chi connectivity index (χ1n) is 15.3. The van der Waals surface area contributed by atoms with Crippen LogP contribution in [0.3, 0.4) is 0 Å². The number of aromatic hydroxyl groups is 1. The number of unbranched alkanes of at least 4 members (excludes halogenated alkanes) is 1. The second kappa shape index (κ2) is 15.0. The van der Waals surface area contributed by atoms with E-state index in [4.69, 9.17) is 31.1 Å². The number of hydrogen-bond donors (Lipinski definition) is 4. The lowest BCUT2D eigenvalue weighted by Crippen LogP contribution is -2.52. The molecule has 0 saturated heterocycles. The number of carbonyl (C=O) groups excluding carboxylic acids is 2. The number of benzene rings is 2. The number of phenolic OH excluding ortho intramolecular Hbond substituents is 1. The normalized spacial score (nSPS) is 12.8. The lowest BCUT2D eigenvalue weighted by Gasteiger charge is -2.38. The third-order valence-electron chi connectivity index (χ3n) is 7.61. The second-order valence-corrected chi connectivity index (χ2v) is 11.5. The van der Waals surface area contributed by atoms with E-state index in [1.54, 1.807) is 25.1 Å². The number of nitrogens with zero attached hydrogens (tertiary/aromatic N) is 4. The summed E-state index contributed by atoms with van der Waals surface area (Å²) in [6, 6.07) is 10.4. The molecule has 0 bridgehead atoms. The molecule has 0 atom stereocenters. The molecule has 2 heterocycles. The average molecular weight is 668 g/mol. The number of aromatic nitrogens is 1. The van der Waals surface area contributed by atoms with Crippen LogP contribution >= 0.6 is 0 Å². The standard InChI is InChI=1S/C33H39F2N7O6/c1-5-46-32(45)33(2,3)42(15-7-6-11-24(36)44)27-25(34)30(47-21-10-8-9-20(17-21)29-39-14-16-41(29)4)40-31(26(27)35)48-23-18-19(28(37)38)12-13-22(23)43/h8-10,12-13,17-18,43H,5-7,11,14-16H2,1-4H3,(H2,36,44)(H3,37,38). The van der Waals surface area contributed by atoms with E-state index in [-0.39, 0.29) is 55.3 Å². The first-order valence-corrected chi connectivity index (χ1v) is 15.3. The van der Waals surface area contributed by atoms with Gasteiger partial charge in [-0.25, -0.2) is 4.79 Å². The van der Waals surface area contributed by atoms with Crippen LogP contribution in [-0.4, -0.2) is 77.4 Å². The van der Waals surface area contributed by atoms with E-state index in [2.05, 4.69) is 9.98 Å². The fraction of sp³-hybridized carbons (Fsp3) is 0.364. The van der Waals surface area contributed by atoms with Crippen molar-refractivity contribution in [3.63, 3.8) is 0 Å². The molecule has 256 valence electrons. The predicted molar refractivity (Wildman–Crippen MR) is 175 cm³/mol. The van der Waals surface area contributed by atoms with Crippen LogP contribution in [0, 0.1) is 17.0 Å². The highest BCUT2D eigenvalue weighted by Gasteiger charge is 2.41. The average Bonchev–Trinajstić information content (AvgIpc) is 3.47. The molecule has 0 spiro atoms. The fourth-order valence-electron chi connectivity index (χ4n) is 5.04. The highest BCUT2D eigenvalue weighted by molar-refractivity contribution is 6.00. The fourth-order valence-corrected chi connectivity index (χ4v) is 5.04. The Morgan fingerprint density at radius 2 is 1.79 bits per heavy atom. The smallest absolute Gasteiger partial charge is 0.331 e. The van der Waals surface area contributed by atoms with E-state index in [0.717, 1.165) is 11.4 Å². The summed E-state index contributed by atoms with van der Waals surface area (Å²) in [6.07, 6.45) is 0.487. The van der Waals surface area contributed by atoms with Gasteiger partial charge in [0.25, 0.3) is 11.8 Å². The van der Waals surface area contributed by atoms with E-state index < -0.39 is 52.2 Å². The number of anilines is 1. The zero-order valence-corrected chi connectivity index (χ0v) is 27.2. The van der Waals surface area contributed by atoms with Gasteiger partial charge in [0.15, 0.2) is 11.5 Å². The van der Waals surface area contributed by atoms with Gasteiger partial charge in [-0.2, -0.15) is 13.8 Å². The Labute approximate surface area is 276 Å². The first-order chi connectivity index (χ1) is 22.7. The number of ether oxygens (including phenoxy) is 3. The van der Waals surface area contributed by atoms with Gasteiger partial charge < -0.3 is 40.6 Å². The summed E-state index contributed by atoms with van der Waals surface area (Å²) in [6.45, 7) is 5.68. The number of phenols is 1. The molecule has 4 rings (SSSR count). The quantitative estimate of drug-likeness (QED) is 0.0781. The number of likely N-dealkylation sites (N-methyl/N-ethyl adjacent to an activating group) is 1. The summed E-state index contributed by atoms with van der Waals surface area (Å²) in [5.74, 6) is -5.71. The first kappa shape index (κ1) is 35.4. The SMILES string of the molecule is CCOC(=O)C(C)(C)N(CCCCC(N)=O)c1c(F)c(Oc2cccc(C3=NCCN3C)c2)nc(Oc2cc(C(=N)N)ccc2O)c1F. The Kier molecular flexibility index (Phi) is 11.0. The van der Waals surface area contributed by atoms with Gasteiger partial charge in [0.2, 0.25) is 17.5 Å². The maximum Gasteiger partial charge on any atom is 0.331 e. The molecule has 48 heavy (non-hydrogen) atoms.